The molecule has 0 radical (unpaired) electrons. The van der Waals surface area contributed by atoms with E-state index in [1.807, 2.05) is 11.8 Å². The molecular weight excluding hydrogens is 260 g/mol. The summed E-state index contributed by atoms with van der Waals surface area (Å²) in [7, 11) is 0. The zero-order valence-electron chi connectivity index (χ0n) is 11.8. The molecule has 0 unspecified atom stereocenters. The average Bonchev–Trinajstić information content (AvgIpc) is 2.86. The van der Waals surface area contributed by atoms with E-state index >= 15 is 0 Å². The lowest BCUT2D eigenvalue weighted by Gasteiger charge is -2.27. The lowest BCUT2D eigenvalue weighted by Crippen LogP contribution is -2.42. The molecule has 1 aromatic heterocycles. The Morgan fingerprint density at radius 1 is 1.47 bits per heavy atom. The molecule has 0 aromatic carbocycles. The first-order valence-electron chi connectivity index (χ1n) is 6.54. The minimum absolute atomic E-state index is 0.0232. The van der Waals surface area contributed by atoms with Gasteiger partial charge in [0.25, 0.3) is 0 Å². The van der Waals surface area contributed by atoms with Crippen LogP contribution in [0, 0.1) is 0 Å². The van der Waals surface area contributed by atoms with Crippen LogP contribution in [0.5, 0.6) is 0 Å². The molecule has 0 saturated carbocycles. The standard InChI is InChI=1S/C13H22N4OS/c1-13(2,3)10-8-15-11(18-10)9-16-12(14)17-4-6-19-7-5-17/h8H,4-7,9H2,1-3H3,(H2,14,16). The number of oxazole rings is 1. The smallest absolute Gasteiger partial charge is 0.216 e. The molecule has 2 N–H and O–H groups in total. The van der Waals surface area contributed by atoms with E-state index in [1.54, 1.807) is 6.20 Å². The molecule has 106 valence electrons. The lowest BCUT2D eigenvalue weighted by molar-refractivity contribution is 0.382. The predicted octanol–water partition coefficient (Wildman–Crippen LogP) is 1.84. The molecule has 0 atom stereocenters. The van der Waals surface area contributed by atoms with E-state index in [4.69, 9.17) is 10.2 Å². The van der Waals surface area contributed by atoms with Crippen molar-refractivity contribution in [1.82, 2.24) is 9.88 Å². The quantitative estimate of drug-likeness (QED) is 0.662. The van der Waals surface area contributed by atoms with E-state index in [0.29, 0.717) is 18.4 Å². The fourth-order valence-corrected chi connectivity index (χ4v) is 2.67. The van der Waals surface area contributed by atoms with Crippen LogP contribution < -0.4 is 5.73 Å². The zero-order chi connectivity index (χ0) is 13.9. The van der Waals surface area contributed by atoms with Crippen LogP contribution >= 0.6 is 11.8 Å². The van der Waals surface area contributed by atoms with Crippen molar-refractivity contribution in [2.24, 2.45) is 10.7 Å². The fourth-order valence-electron chi connectivity index (χ4n) is 1.77. The van der Waals surface area contributed by atoms with Gasteiger partial charge in [-0.25, -0.2) is 9.98 Å². The zero-order valence-corrected chi connectivity index (χ0v) is 12.7. The summed E-state index contributed by atoms with van der Waals surface area (Å²) in [6.07, 6.45) is 1.78. The van der Waals surface area contributed by atoms with Crippen molar-refractivity contribution in [3.05, 3.63) is 17.8 Å². The Bertz CT molecular complexity index is 444. The highest BCUT2D eigenvalue weighted by Gasteiger charge is 2.19. The summed E-state index contributed by atoms with van der Waals surface area (Å²) < 4.78 is 5.69. The summed E-state index contributed by atoms with van der Waals surface area (Å²) in [6.45, 7) is 8.64. The normalized spacial score (nSPS) is 17.8. The van der Waals surface area contributed by atoms with Crippen LogP contribution in [0.1, 0.15) is 32.4 Å². The molecule has 1 fully saturated rings. The van der Waals surface area contributed by atoms with Gasteiger partial charge in [0.2, 0.25) is 5.89 Å². The Kier molecular flexibility index (Phi) is 4.39. The second kappa shape index (κ2) is 5.86. The van der Waals surface area contributed by atoms with Gasteiger partial charge < -0.3 is 15.1 Å². The number of hydrogen-bond donors (Lipinski definition) is 1. The first kappa shape index (κ1) is 14.2. The van der Waals surface area contributed by atoms with Crippen molar-refractivity contribution in [1.29, 1.82) is 0 Å². The van der Waals surface area contributed by atoms with Crippen molar-refractivity contribution in [3.8, 4) is 0 Å². The van der Waals surface area contributed by atoms with E-state index in [1.165, 1.54) is 0 Å². The predicted molar refractivity (Wildman–Crippen MR) is 79.4 cm³/mol. The Morgan fingerprint density at radius 2 is 2.16 bits per heavy atom. The molecule has 1 saturated heterocycles. The van der Waals surface area contributed by atoms with Crippen molar-refractivity contribution in [3.63, 3.8) is 0 Å². The van der Waals surface area contributed by atoms with Crippen molar-refractivity contribution >= 4 is 17.7 Å². The van der Waals surface area contributed by atoms with Crippen molar-refractivity contribution in [2.75, 3.05) is 24.6 Å². The number of guanidine groups is 1. The SMILES string of the molecule is CC(C)(C)c1cnc(CN=C(N)N2CCSCC2)o1. The van der Waals surface area contributed by atoms with Crippen LogP contribution in [0.25, 0.3) is 0 Å². The second-order valence-electron chi connectivity index (χ2n) is 5.64. The minimum Gasteiger partial charge on any atom is -0.443 e. The van der Waals surface area contributed by atoms with Crippen LogP contribution in [-0.4, -0.2) is 40.4 Å². The van der Waals surface area contributed by atoms with E-state index in [-0.39, 0.29) is 5.41 Å². The van der Waals surface area contributed by atoms with Crippen molar-refractivity contribution in [2.45, 2.75) is 32.7 Å². The molecule has 5 nitrogen and oxygen atoms in total. The number of hydrogen-bond acceptors (Lipinski definition) is 4. The highest BCUT2D eigenvalue weighted by molar-refractivity contribution is 7.99. The molecule has 2 rings (SSSR count). The van der Waals surface area contributed by atoms with E-state index in [0.717, 1.165) is 30.4 Å². The minimum atomic E-state index is -0.0232. The van der Waals surface area contributed by atoms with Crippen LogP contribution in [0.2, 0.25) is 0 Å². The van der Waals surface area contributed by atoms with Gasteiger partial charge in [0.05, 0.1) is 6.20 Å². The largest absolute Gasteiger partial charge is 0.443 e. The molecule has 1 aliphatic heterocycles. The third kappa shape index (κ3) is 3.89. The third-order valence-electron chi connectivity index (χ3n) is 3.00. The van der Waals surface area contributed by atoms with Gasteiger partial charge in [-0.15, -0.1) is 0 Å². The summed E-state index contributed by atoms with van der Waals surface area (Å²) in [4.78, 5) is 10.7. The molecule has 0 aliphatic carbocycles. The Labute approximate surface area is 118 Å². The second-order valence-corrected chi connectivity index (χ2v) is 6.87. The molecule has 6 heteroatoms. The topological polar surface area (TPSA) is 67.7 Å². The van der Waals surface area contributed by atoms with E-state index < -0.39 is 0 Å². The van der Waals surface area contributed by atoms with Crippen LogP contribution in [0.3, 0.4) is 0 Å². The number of nitrogens with two attached hydrogens (primary N) is 1. The summed E-state index contributed by atoms with van der Waals surface area (Å²) in [5, 5.41) is 0. The Balaban J connectivity index is 1.95. The summed E-state index contributed by atoms with van der Waals surface area (Å²) in [5.74, 6) is 4.33. The Hall–Kier alpha value is -1.17. The van der Waals surface area contributed by atoms with Crippen LogP contribution in [0.15, 0.2) is 15.6 Å². The van der Waals surface area contributed by atoms with Gasteiger partial charge in [-0.1, -0.05) is 20.8 Å². The maximum Gasteiger partial charge on any atom is 0.216 e. The van der Waals surface area contributed by atoms with Crippen LogP contribution in [-0.2, 0) is 12.0 Å². The molecule has 0 spiro atoms. The highest BCUT2D eigenvalue weighted by atomic mass is 32.2. The van der Waals surface area contributed by atoms with Crippen molar-refractivity contribution < 1.29 is 4.42 Å². The third-order valence-corrected chi connectivity index (χ3v) is 3.95. The van der Waals surface area contributed by atoms with Gasteiger partial charge in [-0.2, -0.15) is 11.8 Å². The number of rotatable bonds is 2. The molecule has 1 aliphatic rings. The molecule has 1 aromatic rings. The fraction of sp³-hybridized carbons (Fsp3) is 0.692. The van der Waals surface area contributed by atoms with Gasteiger partial charge in [-0.05, 0) is 0 Å². The highest BCUT2D eigenvalue weighted by Crippen LogP contribution is 2.22. The average molecular weight is 282 g/mol. The molecule has 0 bridgehead atoms. The summed E-state index contributed by atoms with van der Waals surface area (Å²) in [6, 6.07) is 0. The molecular formula is C13H22N4OS. The van der Waals surface area contributed by atoms with E-state index in [9.17, 15) is 0 Å². The first-order chi connectivity index (χ1) is 8.97. The number of nitrogens with zero attached hydrogens (tertiary/aromatic N) is 3. The summed E-state index contributed by atoms with van der Waals surface area (Å²) >= 11 is 1.95. The van der Waals surface area contributed by atoms with Gasteiger partial charge in [-0.3, -0.25) is 0 Å². The lowest BCUT2D eigenvalue weighted by atomic mass is 9.94. The summed E-state index contributed by atoms with van der Waals surface area (Å²) in [5.41, 5.74) is 5.96. The van der Waals surface area contributed by atoms with Gasteiger partial charge in [0, 0.05) is 30.0 Å². The van der Waals surface area contributed by atoms with Gasteiger partial charge in [0.15, 0.2) is 5.96 Å². The van der Waals surface area contributed by atoms with Gasteiger partial charge >= 0.3 is 0 Å². The number of aromatic nitrogens is 1. The van der Waals surface area contributed by atoms with Gasteiger partial charge in [0.1, 0.15) is 12.3 Å². The van der Waals surface area contributed by atoms with E-state index in [2.05, 4.69) is 35.6 Å². The molecule has 0 amide bonds. The molecule has 19 heavy (non-hydrogen) atoms. The monoisotopic (exact) mass is 282 g/mol. The maximum atomic E-state index is 5.99. The number of thioether (sulfide) groups is 1. The number of aliphatic imine (C=N–C) groups is 1. The maximum absolute atomic E-state index is 5.99. The first-order valence-corrected chi connectivity index (χ1v) is 7.70. The molecule has 2 heterocycles. The van der Waals surface area contributed by atoms with Crippen LogP contribution in [0.4, 0.5) is 0 Å². The Morgan fingerprint density at radius 3 is 2.74 bits per heavy atom.